The SMILES string of the molecule is Cc1cc(Nc2[nH]nc3nccnc23)ccc1F. The van der Waals surface area contributed by atoms with Gasteiger partial charge in [-0.25, -0.2) is 14.4 Å². The lowest BCUT2D eigenvalue weighted by Gasteiger charge is -2.05. The highest BCUT2D eigenvalue weighted by atomic mass is 19.1. The summed E-state index contributed by atoms with van der Waals surface area (Å²) in [5.74, 6) is 0.416. The van der Waals surface area contributed by atoms with Crippen LogP contribution in [0.25, 0.3) is 11.2 Å². The van der Waals surface area contributed by atoms with Crippen molar-refractivity contribution in [2.24, 2.45) is 0 Å². The molecule has 1 aromatic carbocycles. The third kappa shape index (κ3) is 1.77. The molecule has 6 heteroatoms. The molecule has 0 spiro atoms. The Kier molecular flexibility index (Phi) is 2.40. The van der Waals surface area contributed by atoms with Crippen LogP contribution in [0.15, 0.2) is 30.6 Å². The third-order valence-electron chi connectivity index (χ3n) is 2.62. The Morgan fingerprint density at radius 3 is 2.89 bits per heavy atom. The van der Waals surface area contributed by atoms with Crippen molar-refractivity contribution < 1.29 is 4.39 Å². The molecule has 0 bridgehead atoms. The molecule has 2 aromatic heterocycles. The number of rotatable bonds is 2. The summed E-state index contributed by atoms with van der Waals surface area (Å²) in [5.41, 5.74) is 2.54. The van der Waals surface area contributed by atoms with Gasteiger partial charge >= 0.3 is 0 Å². The second kappa shape index (κ2) is 4.06. The molecule has 0 atom stereocenters. The number of hydrogen-bond acceptors (Lipinski definition) is 4. The summed E-state index contributed by atoms with van der Waals surface area (Å²) in [5, 5.41) is 9.94. The highest BCUT2D eigenvalue weighted by Gasteiger charge is 2.07. The van der Waals surface area contributed by atoms with Crippen molar-refractivity contribution in [1.82, 2.24) is 20.2 Å². The summed E-state index contributed by atoms with van der Waals surface area (Å²) in [4.78, 5) is 8.25. The summed E-state index contributed by atoms with van der Waals surface area (Å²) < 4.78 is 13.2. The van der Waals surface area contributed by atoms with E-state index in [0.717, 1.165) is 5.69 Å². The van der Waals surface area contributed by atoms with Crippen molar-refractivity contribution >= 4 is 22.7 Å². The van der Waals surface area contributed by atoms with Crippen LogP contribution in [0.3, 0.4) is 0 Å². The lowest BCUT2D eigenvalue weighted by Crippen LogP contribution is -1.93. The number of nitrogens with zero attached hydrogens (tertiary/aromatic N) is 3. The fourth-order valence-electron chi connectivity index (χ4n) is 1.70. The summed E-state index contributed by atoms with van der Waals surface area (Å²) in [6, 6.07) is 4.80. The van der Waals surface area contributed by atoms with Gasteiger partial charge in [-0.05, 0) is 30.7 Å². The normalized spacial score (nSPS) is 10.8. The molecule has 18 heavy (non-hydrogen) atoms. The maximum Gasteiger partial charge on any atom is 0.201 e. The van der Waals surface area contributed by atoms with Gasteiger partial charge in [0.15, 0.2) is 11.3 Å². The summed E-state index contributed by atoms with van der Waals surface area (Å²) in [7, 11) is 0. The molecule has 2 N–H and O–H groups in total. The van der Waals surface area contributed by atoms with Crippen LogP contribution in [0.4, 0.5) is 15.9 Å². The minimum Gasteiger partial charge on any atom is -0.339 e. The van der Waals surface area contributed by atoms with E-state index in [9.17, 15) is 4.39 Å². The number of fused-ring (bicyclic) bond motifs is 1. The van der Waals surface area contributed by atoms with E-state index in [2.05, 4.69) is 25.5 Å². The summed E-state index contributed by atoms with van der Waals surface area (Å²) in [6.07, 6.45) is 3.17. The Morgan fingerprint density at radius 2 is 2.06 bits per heavy atom. The van der Waals surface area contributed by atoms with Crippen molar-refractivity contribution in [2.45, 2.75) is 6.92 Å². The molecule has 90 valence electrons. The maximum atomic E-state index is 13.2. The first-order valence-electron chi connectivity index (χ1n) is 5.42. The zero-order valence-corrected chi connectivity index (χ0v) is 9.61. The molecule has 0 aliphatic carbocycles. The maximum absolute atomic E-state index is 13.2. The molecule has 0 saturated carbocycles. The predicted molar refractivity (Wildman–Crippen MR) is 66.1 cm³/mol. The van der Waals surface area contributed by atoms with Crippen molar-refractivity contribution in [1.29, 1.82) is 0 Å². The Balaban J connectivity index is 1.98. The van der Waals surface area contributed by atoms with Crippen LogP contribution in [0, 0.1) is 12.7 Å². The number of aryl methyl sites for hydroxylation is 1. The summed E-state index contributed by atoms with van der Waals surface area (Å²) in [6.45, 7) is 1.71. The fourth-order valence-corrected chi connectivity index (χ4v) is 1.70. The van der Waals surface area contributed by atoms with Crippen LogP contribution in [0.2, 0.25) is 0 Å². The quantitative estimate of drug-likeness (QED) is 0.725. The molecule has 0 fully saturated rings. The zero-order valence-electron chi connectivity index (χ0n) is 9.61. The monoisotopic (exact) mass is 243 g/mol. The molecular weight excluding hydrogens is 233 g/mol. The molecule has 3 rings (SSSR count). The molecule has 0 aliphatic rings. The van der Waals surface area contributed by atoms with Gasteiger partial charge in [0, 0.05) is 18.1 Å². The van der Waals surface area contributed by atoms with Crippen LogP contribution in [-0.4, -0.2) is 20.2 Å². The first kappa shape index (κ1) is 10.6. The minimum absolute atomic E-state index is 0.227. The largest absolute Gasteiger partial charge is 0.339 e. The number of aromatic nitrogens is 4. The number of benzene rings is 1. The van der Waals surface area contributed by atoms with Gasteiger partial charge < -0.3 is 5.32 Å². The van der Waals surface area contributed by atoms with E-state index in [1.807, 2.05) is 0 Å². The first-order valence-corrected chi connectivity index (χ1v) is 5.42. The molecule has 0 unspecified atom stereocenters. The van der Waals surface area contributed by atoms with E-state index < -0.39 is 0 Å². The van der Waals surface area contributed by atoms with Crippen molar-refractivity contribution in [3.05, 3.63) is 42.0 Å². The number of hydrogen-bond donors (Lipinski definition) is 2. The second-order valence-corrected chi connectivity index (χ2v) is 3.92. The molecule has 5 nitrogen and oxygen atoms in total. The molecule has 0 amide bonds. The topological polar surface area (TPSA) is 66.5 Å². The van der Waals surface area contributed by atoms with Crippen LogP contribution in [-0.2, 0) is 0 Å². The first-order chi connectivity index (χ1) is 8.74. The van der Waals surface area contributed by atoms with E-state index in [1.165, 1.54) is 6.07 Å². The molecule has 2 heterocycles. The van der Waals surface area contributed by atoms with E-state index in [0.29, 0.717) is 22.5 Å². The Morgan fingerprint density at radius 1 is 1.22 bits per heavy atom. The number of H-pyrrole nitrogens is 1. The standard InChI is InChI=1S/C12H10FN5/c1-7-6-8(2-3-9(7)13)16-12-10-11(17-18-12)15-5-4-14-10/h2-6H,1H3,(H2,15,16,17,18). The van der Waals surface area contributed by atoms with Crippen LogP contribution >= 0.6 is 0 Å². The van der Waals surface area contributed by atoms with Gasteiger partial charge in [0.05, 0.1) is 0 Å². The van der Waals surface area contributed by atoms with E-state index >= 15 is 0 Å². The van der Waals surface area contributed by atoms with Gasteiger partial charge in [-0.1, -0.05) is 0 Å². The van der Waals surface area contributed by atoms with Crippen LogP contribution in [0.5, 0.6) is 0 Å². The van der Waals surface area contributed by atoms with E-state index in [-0.39, 0.29) is 5.82 Å². The molecule has 3 aromatic rings. The van der Waals surface area contributed by atoms with Crippen molar-refractivity contribution in [2.75, 3.05) is 5.32 Å². The van der Waals surface area contributed by atoms with Gasteiger partial charge in [-0.2, -0.15) is 5.10 Å². The zero-order chi connectivity index (χ0) is 12.5. The smallest absolute Gasteiger partial charge is 0.201 e. The Labute approximate surface area is 102 Å². The number of anilines is 2. The molecule has 0 radical (unpaired) electrons. The third-order valence-corrected chi connectivity index (χ3v) is 2.62. The van der Waals surface area contributed by atoms with E-state index in [1.54, 1.807) is 31.5 Å². The van der Waals surface area contributed by atoms with Gasteiger partial charge in [0.1, 0.15) is 5.82 Å². The van der Waals surface area contributed by atoms with Crippen LogP contribution < -0.4 is 5.32 Å². The lowest BCUT2D eigenvalue weighted by atomic mass is 10.2. The molecular formula is C12H10FN5. The lowest BCUT2D eigenvalue weighted by molar-refractivity contribution is 0.619. The van der Waals surface area contributed by atoms with Gasteiger partial charge in [0.2, 0.25) is 5.65 Å². The second-order valence-electron chi connectivity index (χ2n) is 3.92. The average molecular weight is 243 g/mol. The van der Waals surface area contributed by atoms with E-state index in [4.69, 9.17) is 0 Å². The average Bonchev–Trinajstić information content (AvgIpc) is 2.78. The number of halogens is 1. The van der Waals surface area contributed by atoms with Crippen LogP contribution in [0.1, 0.15) is 5.56 Å². The Bertz CT molecular complexity index is 707. The fraction of sp³-hybridized carbons (Fsp3) is 0.0833. The highest BCUT2D eigenvalue weighted by Crippen LogP contribution is 2.21. The van der Waals surface area contributed by atoms with Gasteiger partial charge in [-0.15, -0.1) is 0 Å². The minimum atomic E-state index is -0.227. The van der Waals surface area contributed by atoms with Gasteiger partial charge in [-0.3, -0.25) is 5.10 Å². The van der Waals surface area contributed by atoms with Gasteiger partial charge in [0.25, 0.3) is 0 Å². The Hall–Kier alpha value is -2.50. The van der Waals surface area contributed by atoms with Crippen molar-refractivity contribution in [3.8, 4) is 0 Å². The molecule has 0 saturated heterocycles. The summed E-state index contributed by atoms with van der Waals surface area (Å²) >= 11 is 0. The predicted octanol–water partition coefficient (Wildman–Crippen LogP) is 2.54. The molecule has 0 aliphatic heterocycles. The van der Waals surface area contributed by atoms with Crippen molar-refractivity contribution in [3.63, 3.8) is 0 Å². The number of aromatic amines is 1. The number of nitrogens with one attached hydrogen (secondary N) is 2. The highest BCUT2D eigenvalue weighted by molar-refractivity contribution is 5.84.